The fourth-order valence-electron chi connectivity index (χ4n) is 1.17. The minimum atomic E-state index is -2.87. The van der Waals surface area contributed by atoms with Crippen molar-refractivity contribution in [1.29, 1.82) is 0 Å². The van der Waals surface area contributed by atoms with E-state index < -0.39 is 23.9 Å². The maximum Gasteiger partial charge on any atom is 0.297 e. The molecule has 0 unspecified atom stereocenters. The molecular formula is C8H10F3N5. The Bertz CT molecular complexity index is 394. The lowest BCUT2D eigenvalue weighted by Gasteiger charge is -2.10. The van der Waals surface area contributed by atoms with Crippen molar-refractivity contribution in [3.05, 3.63) is 11.6 Å². The molecule has 16 heavy (non-hydrogen) atoms. The molecule has 2 rings (SSSR count). The van der Waals surface area contributed by atoms with E-state index in [0.29, 0.717) is 0 Å². The second-order valence-electron chi connectivity index (χ2n) is 3.46. The van der Waals surface area contributed by atoms with Crippen LogP contribution in [0.5, 0.6) is 0 Å². The molecule has 8 heteroatoms. The van der Waals surface area contributed by atoms with Crippen molar-refractivity contribution in [2.24, 2.45) is 5.84 Å². The topological polar surface area (TPSA) is 75.9 Å². The molecule has 1 aliphatic rings. The molecule has 4 N–H and O–H groups in total. The Morgan fingerprint density at radius 1 is 1.25 bits per heavy atom. The van der Waals surface area contributed by atoms with Gasteiger partial charge in [-0.05, 0) is 12.8 Å². The summed E-state index contributed by atoms with van der Waals surface area (Å²) in [5.41, 5.74) is 1.93. The number of hydrazine groups is 1. The Labute approximate surface area is 89.2 Å². The number of anilines is 2. The number of alkyl halides is 2. The maximum atomic E-state index is 13.5. The Balaban J connectivity index is 2.35. The van der Waals surface area contributed by atoms with Crippen molar-refractivity contribution in [2.45, 2.75) is 25.3 Å². The Morgan fingerprint density at radius 2 is 1.88 bits per heavy atom. The highest BCUT2D eigenvalue weighted by atomic mass is 19.3. The summed E-state index contributed by atoms with van der Waals surface area (Å²) in [7, 11) is 0. The van der Waals surface area contributed by atoms with E-state index in [0.717, 1.165) is 12.8 Å². The van der Waals surface area contributed by atoms with Crippen LogP contribution in [0.4, 0.5) is 24.8 Å². The van der Waals surface area contributed by atoms with Crippen LogP contribution < -0.4 is 16.6 Å². The highest BCUT2D eigenvalue weighted by Crippen LogP contribution is 2.28. The van der Waals surface area contributed by atoms with Gasteiger partial charge in [-0.2, -0.15) is 4.39 Å². The Morgan fingerprint density at radius 3 is 2.38 bits per heavy atom. The third-order valence-electron chi connectivity index (χ3n) is 2.12. The highest BCUT2D eigenvalue weighted by Gasteiger charge is 2.26. The van der Waals surface area contributed by atoms with Crippen LogP contribution in [-0.4, -0.2) is 16.0 Å². The summed E-state index contributed by atoms with van der Waals surface area (Å²) in [6.07, 6.45) is -1.12. The first-order valence-electron chi connectivity index (χ1n) is 4.70. The number of halogens is 3. The second kappa shape index (κ2) is 4.12. The van der Waals surface area contributed by atoms with Gasteiger partial charge in [0, 0.05) is 6.04 Å². The van der Waals surface area contributed by atoms with Crippen molar-refractivity contribution in [1.82, 2.24) is 9.97 Å². The first-order valence-corrected chi connectivity index (χ1v) is 4.70. The van der Waals surface area contributed by atoms with Gasteiger partial charge in [0.05, 0.1) is 0 Å². The number of hydrogen-bond donors (Lipinski definition) is 3. The van der Waals surface area contributed by atoms with Crippen LogP contribution in [0, 0.1) is 5.82 Å². The summed E-state index contributed by atoms with van der Waals surface area (Å²) in [4.78, 5) is 6.68. The van der Waals surface area contributed by atoms with Gasteiger partial charge in [-0.15, -0.1) is 0 Å². The summed E-state index contributed by atoms with van der Waals surface area (Å²) in [6.45, 7) is 0. The van der Waals surface area contributed by atoms with E-state index in [1.54, 1.807) is 0 Å². The van der Waals surface area contributed by atoms with Crippen molar-refractivity contribution < 1.29 is 13.2 Å². The summed E-state index contributed by atoms with van der Waals surface area (Å²) < 4.78 is 38.3. The average molecular weight is 233 g/mol. The van der Waals surface area contributed by atoms with Gasteiger partial charge < -0.3 is 10.7 Å². The number of hydrogen-bond acceptors (Lipinski definition) is 5. The van der Waals surface area contributed by atoms with Gasteiger partial charge in [0.2, 0.25) is 5.82 Å². The number of nitrogen functional groups attached to an aromatic ring is 1. The molecule has 1 aliphatic carbocycles. The van der Waals surface area contributed by atoms with Crippen LogP contribution in [0.15, 0.2) is 0 Å². The van der Waals surface area contributed by atoms with Crippen LogP contribution in [0.3, 0.4) is 0 Å². The minimum Gasteiger partial charge on any atom is -0.365 e. The second-order valence-corrected chi connectivity index (χ2v) is 3.46. The van der Waals surface area contributed by atoms with Gasteiger partial charge in [-0.3, -0.25) is 0 Å². The fraction of sp³-hybridized carbons (Fsp3) is 0.500. The normalized spacial score (nSPS) is 15.3. The summed E-state index contributed by atoms with van der Waals surface area (Å²) >= 11 is 0. The molecule has 1 heterocycles. The van der Waals surface area contributed by atoms with E-state index in [9.17, 15) is 13.2 Å². The molecule has 1 aromatic heterocycles. The molecule has 0 amide bonds. The maximum absolute atomic E-state index is 13.5. The highest BCUT2D eigenvalue weighted by molar-refractivity contribution is 5.50. The largest absolute Gasteiger partial charge is 0.365 e. The molecule has 0 aromatic carbocycles. The SMILES string of the molecule is NNc1nc(C(F)F)nc(NC2CC2)c1F. The monoisotopic (exact) mass is 233 g/mol. The van der Waals surface area contributed by atoms with E-state index in [4.69, 9.17) is 5.84 Å². The number of nitrogens with zero attached hydrogens (tertiary/aromatic N) is 2. The van der Waals surface area contributed by atoms with Crippen LogP contribution in [-0.2, 0) is 0 Å². The molecule has 1 saturated carbocycles. The van der Waals surface area contributed by atoms with Crippen molar-refractivity contribution in [3.8, 4) is 0 Å². The van der Waals surface area contributed by atoms with Gasteiger partial charge in [0.25, 0.3) is 6.43 Å². The van der Waals surface area contributed by atoms with Gasteiger partial charge in [0.1, 0.15) is 0 Å². The van der Waals surface area contributed by atoms with Crippen LogP contribution in [0.2, 0.25) is 0 Å². The zero-order valence-corrected chi connectivity index (χ0v) is 8.17. The molecule has 0 bridgehead atoms. The predicted molar refractivity (Wildman–Crippen MR) is 51.4 cm³/mol. The molecular weight excluding hydrogens is 223 g/mol. The van der Waals surface area contributed by atoms with Crippen molar-refractivity contribution in [3.63, 3.8) is 0 Å². The standard InChI is InChI=1S/C8H10F3N5/c9-4-6(13-3-1-2-3)14-8(5(10)11)15-7(4)16-12/h3,5H,1-2,12H2,(H2,13,14,15,16). The van der Waals surface area contributed by atoms with E-state index in [2.05, 4.69) is 15.3 Å². The number of nitrogens with two attached hydrogens (primary N) is 1. The molecule has 1 aromatic rings. The zero-order chi connectivity index (χ0) is 11.7. The molecule has 0 atom stereocenters. The van der Waals surface area contributed by atoms with Gasteiger partial charge >= 0.3 is 0 Å². The third-order valence-corrected chi connectivity index (χ3v) is 2.12. The van der Waals surface area contributed by atoms with E-state index >= 15 is 0 Å². The lowest BCUT2D eigenvalue weighted by atomic mass is 10.4. The minimum absolute atomic E-state index is 0.0977. The summed E-state index contributed by atoms with van der Waals surface area (Å²) in [6, 6.07) is 0.0977. The smallest absolute Gasteiger partial charge is 0.297 e. The number of nitrogens with one attached hydrogen (secondary N) is 2. The summed E-state index contributed by atoms with van der Waals surface area (Å²) in [5.74, 6) is 2.71. The van der Waals surface area contributed by atoms with Gasteiger partial charge in [-0.1, -0.05) is 0 Å². The molecule has 1 fully saturated rings. The Kier molecular flexibility index (Phi) is 2.82. The molecule has 88 valence electrons. The first kappa shape index (κ1) is 10.9. The predicted octanol–water partition coefficient (Wildman–Crippen LogP) is 1.41. The zero-order valence-electron chi connectivity index (χ0n) is 8.17. The molecule has 5 nitrogen and oxygen atoms in total. The molecule has 0 spiro atoms. The average Bonchev–Trinajstić information content (AvgIpc) is 3.04. The van der Waals surface area contributed by atoms with Crippen LogP contribution in [0.25, 0.3) is 0 Å². The van der Waals surface area contributed by atoms with Crippen molar-refractivity contribution in [2.75, 3.05) is 10.7 Å². The lowest BCUT2D eigenvalue weighted by molar-refractivity contribution is 0.140. The molecule has 0 radical (unpaired) electrons. The van der Waals surface area contributed by atoms with Crippen LogP contribution >= 0.6 is 0 Å². The third kappa shape index (κ3) is 2.16. The summed E-state index contributed by atoms with van der Waals surface area (Å²) in [5, 5.41) is 2.70. The van der Waals surface area contributed by atoms with Gasteiger partial charge in [0.15, 0.2) is 17.5 Å². The van der Waals surface area contributed by atoms with E-state index in [1.165, 1.54) is 0 Å². The Hall–Kier alpha value is -1.57. The number of rotatable bonds is 4. The molecule has 0 aliphatic heterocycles. The van der Waals surface area contributed by atoms with Crippen LogP contribution in [0.1, 0.15) is 25.1 Å². The van der Waals surface area contributed by atoms with Gasteiger partial charge in [-0.25, -0.2) is 24.6 Å². The first-order chi connectivity index (χ1) is 7.61. The van der Waals surface area contributed by atoms with E-state index in [-0.39, 0.29) is 11.9 Å². The number of aromatic nitrogens is 2. The van der Waals surface area contributed by atoms with E-state index in [1.807, 2.05) is 5.43 Å². The fourth-order valence-corrected chi connectivity index (χ4v) is 1.17. The lowest BCUT2D eigenvalue weighted by Crippen LogP contribution is -2.16. The van der Waals surface area contributed by atoms with Crippen molar-refractivity contribution >= 4 is 11.6 Å². The quantitative estimate of drug-likeness (QED) is 0.541. The molecule has 0 saturated heterocycles.